The Morgan fingerprint density at radius 1 is 0.712 bits per heavy atom. The molecule has 6 aromatic carbocycles. The van der Waals surface area contributed by atoms with Gasteiger partial charge < -0.3 is 19.3 Å². The summed E-state index contributed by atoms with van der Waals surface area (Å²) in [5.41, 5.74) is 4.36. The van der Waals surface area contributed by atoms with Crippen LogP contribution in [0, 0.1) is 23.7 Å². The Balaban J connectivity index is 1.05. The molecule has 6 aromatic rings. The van der Waals surface area contributed by atoms with Crippen molar-refractivity contribution < 1.29 is 38.5 Å². The van der Waals surface area contributed by atoms with Gasteiger partial charge in [-0.1, -0.05) is 133 Å². The van der Waals surface area contributed by atoms with Gasteiger partial charge in [-0.05, 0) is 83.5 Å². The highest BCUT2D eigenvalue weighted by molar-refractivity contribution is 6.32. The second-order valence-electron chi connectivity index (χ2n) is 17.3. The number of Topliss-reactive ketones (excluding diaryl/α,β-unsaturated/α-hetero) is 1. The lowest BCUT2D eigenvalue weighted by atomic mass is 9.44. The van der Waals surface area contributed by atoms with Crippen LogP contribution in [0.25, 0.3) is 17.7 Å². The van der Waals surface area contributed by atoms with E-state index in [9.17, 15) is 9.90 Å². The molecule has 0 unspecified atom stereocenters. The Labute approximate surface area is 383 Å². The van der Waals surface area contributed by atoms with Crippen LogP contribution < -0.4 is 19.1 Å². The molecule has 328 valence electrons. The van der Waals surface area contributed by atoms with Gasteiger partial charge in [-0.15, -0.1) is 0 Å². The molecule has 2 fully saturated rings. The van der Waals surface area contributed by atoms with Gasteiger partial charge in [-0.3, -0.25) is 24.1 Å². The van der Waals surface area contributed by atoms with Crippen LogP contribution in [-0.2, 0) is 31.2 Å². The lowest BCUT2D eigenvalue weighted by Gasteiger charge is -2.55. The van der Waals surface area contributed by atoms with Crippen molar-refractivity contribution in [1.82, 2.24) is 0 Å². The predicted octanol–water partition coefficient (Wildman–Crippen LogP) is 10.2. The van der Waals surface area contributed by atoms with Crippen LogP contribution in [0.1, 0.15) is 52.1 Å². The number of nitrogens with zero attached hydrogens (tertiary/aromatic N) is 1. The maximum absolute atomic E-state index is 15.5. The average Bonchev–Trinajstić information content (AvgIpc) is 3.62. The highest BCUT2D eigenvalue weighted by Gasteiger charge is 2.66. The molecule has 0 radical (unpaired) electrons. The quantitative estimate of drug-likeness (QED) is 0.0777. The van der Waals surface area contributed by atoms with E-state index in [2.05, 4.69) is 0 Å². The number of methoxy groups -OCH3 is 2. The molecule has 1 N–H and O–H groups in total. The Hall–Kier alpha value is -7.78. The molecular weight excluding hydrogens is 827 g/mol. The number of carbonyl (C=O) groups excluding carboxylic acids is 4. The maximum atomic E-state index is 15.5. The number of phenolic OH excluding ortho intramolecular Hbond substituents is 1. The first-order valence-electron chi connectivity index (χ1n) is 22.2. The fourth-order valence-corrected chi connectivity index (χ4v) is 11.0. The van der Waals surface area contributed by atoms with Crippen molar-refractivity contribution in [1.29, 1.82) is 0 Å². The maximum Gasteiger partial charge on any atom is 0.238 e. The third kappa shape index (κ3) is 7.12. The molecule has 1 heterocycles. The Morgan fingerprint density at radius 2 is 1.41 bits per heavy atom. The Kier molecular flexibility index (Phi) is 11.1. The number of amides is 2. The zero-order valence-corrected chi connectivity index (χ0v) is 36.5. The van der Waals surface area contributed by atoms with Crippen LogP contribution in [0.2, 0.25) is 0 Å². The van der Waals surface area contributed by atoms with Gasteiger partial charge in [0.2, 0.25) is 11.8 Å². The van der Waals surface area contributed by atoms with E-state index in [1.54, 1.807) is 44.6 Å². The summed E-state index contributed by atoms with van der Waals surface area (Å²) >= 11 is 0. The molecule has 1 saturated heterocycles. The van der Waals surface area contributed by atoms with Crippen LogP contribution in [0.3, 0.4) is 0 Å². The molecule has 9 nitrogen and oxygen atoms in total. The molecule has 66 heavy (non-hydrogen) atoms. The Bertz CT molecular complexity index is 2960. The molecule has 2 amide bonds. The number of benzene rings is 6. The molecule has 1 saturated carbocycles. The van der Waals surface area contributed by atoms with Crippen molar-refractivity contribution in [3.63, 3.8) is 0 Å². The van der Waals surface area contributed by atoms with Crippen molar-refractivity contribution in [2.75, 3.05) is 19.1 Å². The van der Waals surface area contributed by atoms with Gasteiger partial charge in [-0.25, -0.2) is 0 Å². The number of allylic oxidation sites excluding steroid dienone is 4. The molecule has 9 heteroatoms. The summed E-state index contributed by atoms with van der Waals surface area (Å²) in [5.74, 6) is -3.34. The summed E-state index contributed by atoms with van der Waals surface area (Å²) in [6.07, 6.45) is 7.71. The van der Waals surface area contributed by atoms with E-state index in [0.29, 0.717) is 45.2 Å². The minimum Gasteiger partial charge on any atom is -0.508 e. The van der Waals surface area contributed by atoms with Crippen molar-refractivity contribution in [2.24, 2.45) is 23.7 Å². The van der Waals surface area contributed by atoms with E-state index in [1.165, 1.54) is 11.0 Å². The zero-order chi connectivity index (χ0) is 45.5. The summed E-state index contributed by atoms with van der Waals surface area (Å²) in [7, 11) is 3.22. The van der Waals surface area contributed by atoms with Gasteiger partial charge in [-0.2, -0.15) is 0 Å². The number of anilines is 1. The molecule has 6 atom stereocenters. The highest BCUT2D eigenvalue weighted by atomic mass is 16.5. The van der Waals surface area contributed by atoms with Crippen LogP contribution in [0.4, 0.5) is 5.69 Å². The van der Waals surface area contributed by atoms with E-state index in [0.717, 1.165) is 22.3 Å². The fourth-order valence-electron chi connectivity index (χ4n) is 11.0. The summed E-state index contributed by atoms with van der Waals surface area (Å²) in [4.78, 5) is 61.7. The van der Waals surface area contributed by atoms with Crippen LogP contribution in [0.15, 0.2) is 169 Å². The molecule has 4 aliphatic rings. The smallest absolute Gasteiger partial charge is 0.238 e. The minimum atomic E-state index is -1.49. The fraction of sp³-hybridized carbons (Fsp3) is 0.193. The topological polar surface area (TPSA) is 119 Å². The van der Waals surface area contributed by atoms with Crippen LogP contribution >= 0.6 is 0 Å². The number of hydrogen-bond donors (Lipinski definition) is 1. The lowest BCUT2D eigenvalue weighted by molar-refractivity contribution is -0.135. The normalized spacial score (nSPS) is 23.4. The van der Waals surface area contributed by atoms with E-state index < -0.39 is 35.0 Å². The molecule has 0 bridgehead atoms. The Morgan fingerprint density at radius 3 is 2.11 bits per heavy atom. The summed E-state index contributed by atoms with van der Waals surface area (Å²) < 4.78 is 17.1. The number of hydrogen-bond acceptors (Lipinski definition) is 8. The molecule has 10 rings (SSSR count). The zero-order valence-electron chi connectivity index (χ0n) is 36.5. The van der Waals surface area contributed by atoms with Crippen LogP contribution in [0.5, 0.6) is 23.0 Å². The first kappa shape index (κ1) is 42.2. The number of phenols is 1. The standard InChI is InChI=1S/C57H47NO8/c1-64-41-25-29-50(65-2)38(30-41)21-18-35-19-22-40(23-20-35)58-55(62)45-28-27-43-47(52(45)56(58)63)32-48-54(61)46(37-14-8-4-9-15-37)33-51(60)57(48,39-16-10-5-11-17-39)53(43)44-26-24-42(31-49(44)59)66-34-36-12-6-3-7-13-36/h3-27,29-31,33,45,47-48,52-53,59H,28,32,34H2,1-2H3/t45-,47+,48-,52-,53+,57-/m0/s1. The molecule has 1 aliphatic heterocycles. The second-order valence-corrected chi connectivity index (χ2v) is 17.3. The van der Waals surface area contributed by atoms with E-state index in [1.807, 2.05) is 140 Å². The van der Waals surface area contributed by atoms with E-state index in [-0.39, 0.29) is 48.6 Å². The number of ketones is 2. The van der Waals surface area contributed by atoms with Crippen molar-refractivity contribution in [3.05, 3.63) is 203 Å². The SMILES string of the molecule is COc1ccc(OC)c(C=Cc2ccc(N3C(=O)[C@H]4[C@H](CC=C5[C@H]4C[C@H]4C(=O)C(c6ccccc6)=CC(=O)[C@@]4(c4ccccc4)[C@H]5c4ccc(OCc5ccccc5)cc4O)C3=O)cc2)c1. The van der Waals surface area contributed by atoms with Gasteiger partial charge in [0.1, 0.15) is 29.6 Å². The molecule has 0 spiro atoms. The summed E-state index contributed by atoms with van der Waals surface area (Å²) in [6.45, 7) is 0.278. The lowest BCUT2D eigenvalue weighted by Crippen LogP contribution is -2.58. The number of carbonyl (C=O) groups is 4. The molecular formula is C57H47NO8. The average molecular weight is 874 g/mol. The number of ether oxygens (including phenoxy) is 3. The van der Waals surface area contributed by atoms with E-state index >= 15 is 14.4 Å². The minimum absolute atomic E-state index is 0.101. The van der Waals surface area contributed by atoms with E-state index in [4.69, 9.17) is 14.2 Å². The van der Waals surface area contributed by atoms with Crippen LogP contribution in [-0.4, -0.2) is 42.7 Å². The monoisotopic (exact) mass is 873 g/mol. The van der Waals surface area contributed by atoms with Gasteiger partial charge in [0.15, 0.2) is 11.6 Å². The number of fused-ring (bicyclic) bond motifs is 4. The van der Waals surface area contributed by atoms with Gasteiger partial charge in [0.25, 0.3) is 0 Å². The molecule has 0 aromatic heterocycles. The second kappa shape index (κ2) is 17.3. The van der Waals surface area contributed by atoms with Crippen molar-refractivity contribution >= 4 is 46.8 Å². The van der Waals surface area contributed by atoms with Crippen molar-refractivity contribution in [3.8, 4) is 23.0 Å². The van der Waals surface area contributed by atoms with Gasteiger partial charge in [0, 0.05) is 34.6 Å². The highest BCUT2D eigenvalue weighted by Crippen LogP contribution is 2.64. The largest absolute Gasteiger partial charge is 0.508 e. The first-order valence-corrected chi connectivity index (χ1v) is 22.2. The van der Waals surface area contributed by atoms with Crippen molar-refractivity contribution in [2.45, 2.75) is 30.8 Å². The summed E-state index contributed by atoms with van der Waals surface area (Å²) in [5, 5.41) is 12.1. The summed E-state index contributed by atoms with van der Waals surface area (Å²) in [6, 6.07) is 46.1. The third-order valence-corrected chi connectivity index (χ3v) is 14.0. The van der Waals surface area contributed by atoms with Gasteiger partial charge in [0.05, 0.1) is 37.2 Å². The number of rotatable bonds is 11. The predicted molar refractivity (Wildman–Crippen MR) is 253 cm³/mol. The third-order valence-electron chi connectivity index (χ3n) is 14.0. The number of aromatic hydroxyl groups is 1. The first-order chi connectivity index (χ1) is 32.2. The molecule has 3 aliphatic carbocycles. The number of imide groups is 1. The van der Waals surface area contributed by atoms with Gasteiger partial charge >= 0.3 is 0 Å².